The van der Waals surface area contributed by atoms with Gasteiger partial charge in [0.25, 0.3) is 0 Å². The maximum absolute atomic E-state index is 10.1. The molecule has 72 heavy (non-hydrogen) atoms. The Labute approximate surface area is 414 Å². The van der Waals surface area contributed by atoms with E-state index in [0.29, 0.717) is 28.7 Å². The van der Waals surface area contributed by atoms with Crippen LogP contribution >= 0.6 is 0 Å². The zero-order valence-corrected chi connectivity index (χ0v) is 38.5. The van der Waals surface area contributed by atoms with Gasteiger partial charge in [-0.3, -0.25) is 4.98 Å². The van der Waals surface area contributed by atoms with Crippen LogP contribution in [0.2, 0.25) is 0 Å². The van der Waals surface area contributed by atoms with E-state index in [1.165, 1.54) is 0 Å². The second-order valence-electron chi connectivity index (χ2n) is 17.6. The average molecular weight is 919 g/mol. The van der Waals surface area contributed by atoms with Crippen molar-refractivity contribution in [1.82, 2.24) is 29.1 Å². The second-order valence-corrected chi connectivity index (χ2v) is 17.6. The normalized spacial score (nSPS) is 11.3. The van der Waals surface area contributed by atoms with Gasteiger partial charge in [0.1, 0.15) is 0 Å². The van der Waals surface area contributed by atoms with Crippen molar-refractivity contribution in [3.63, 3.8) is 0 Å². The highest BCUT2D eigenvalue weighted by atomic mass is 15.0. The summed E-state index contributed by atoms with van der Waals surface area (Å²) in [6.07, 6.45) is 1.89. The molecule has 13 rings (SSSR count). The molecule has 0 fully saturated rings. The van der Waals surface area contributed by atoms with Gasteiger partial charge in [0.05, 0.1) is 51.7 Å². The van der Waals surface area contributed by atoms with Crippen molar-refractivity contribution < 1.29 is 0 Å². The van der Waals surface area contributed by atoms with Crippen LogP contribution in [-0.2, 0) is 0 Å². The van der Waals surface area contributed by atoms with Gasteiger partial charge in [0, 0.05) is 55.7 Å². The Kier molecular flexibility index (Phi) is 10.1. The number of rotatable bonds is 8. The largest absolute Gasteiger partial charge is 0.309 e. The molecule has 8 heteroatoms. The summed E-state index contributed by atoms with van der Waals surface area (Å²) in [6.45, 7) is 7.88. The number of para-hydroxylation sites is 3. The summed E-state index contributed by atoms with van der Waals surface area (Å²) >= 11 is 0. The Balaban J connectivity index is 1.05. The first-order chi connectivity index (χ1) is 35.6. The Bertz CT molecular complexity index is 4310. The predicted octanol–water partition coefficient (Wildman–Crippen LogP) is 15.9. The van der Waals surface area contributed by atoms with Crippen LogP contribution in [-0.4, -0.2) is 29.1 Å². The maximum Gasteiger partial charge on any atom is 0.194 e. The van der Waals surface area contributed by atoms with E-state index in [1.54, 1.807) is 0 Å². The van der Waals surface area contributed by atoms with E-state index in [-0.39, 0.29) is 0 Å². The fourth-order valence-corrected chi connectivity index (χ4v) is 10.2. The third-order valence-corrected chi connectivity index (χ3v) is 13.5. The van der Waals surface area contributed by atoms with Crippen molar-refractivity contribution in [2.75, 3.05) is 0 Å². The van der Waals surface area contributed by atoms with Gasteiger partial charge in [-0.05, 0) is 95.1 Å². The van der Waals surface area contributed by atoms with E-state index in [4.69, 9.17) is 26.5 Å². The average Bonchev–Trinajstić information content (AvgIpc) is 3.97. The maximum atomic E-state index is 10.1. The summed E-state index contributed by atoms with van der Waals surface area (Å²) in [5.74, 6) is 1.69. The van der Waals surface area contributed by atoms with Crippen molar-refractivity contribution in [2.24, 2.45) is 0 Å². The summed E-state index contributed by atoms with van der Waals surface area (Å²) in [5.41, 5.74) is 15.2. The third-order valence-electron chi connectivity index (χ3n) is 13.5. The van der Waals surface area contributed by atoms with Crippen LogP contribution in [0.3, 0.4) is 0 Å². The van der Waals surface area contributed by atoms with E-state index < -0.39 is 0 Å². The van der Waals surface area contributed by atoms with Crippen molar-refractivity contribution in [3.8, 4) is 85.1 Å². The molecule has 0 radical (unpaired) electrons. The second kappa shape index (κ2) is 17.4. The molecule has 0 N–H and O–H groups in total. The fraction of sp³-hybridized carbons (Fsp3) is 0. The number of nitrogens with zero attached hydrogens (tertiary/aromatic N) is 8. The lowest BCUT2D eigenvalue weighted by Gasteiger charge is -2.17. The van der Waals surface area contributed by atoms with E-state index in [9.17, 15) is 5.26 Å². The zero-order valence-electron chi connectivity index (χ0n) is 38.5. The molecule has 0 aliphatic heterocycles. The summed E-state index contributed by atoms with van der Waals surface area (Å²) in [7, 11) is 0. The van der Waals surface area contributed by atoms with Gasteiger partial charge >= 0.3 is 0 Å². The smallest absolute Gasteiger partial charge is 0.194 e. The highest BCUT2D eigenvalue weighted by Crippen LogP contribution is 2.42. The van der Waals surface area contributed by atoms with Gasteiger partial charge in [0.2, 0.25) is 0 Å². The van der Waals surface area contributed by atoms with Crippen molar-refractivity contribution >= 4 is 49.3 Å². The molecule has 0 bridgehead atoms. The quantitative estimate of drug-likeness (QED) is 0.142. The van der Waals surface area contributed by atoms with Gasteiger partial charge in [-0.1, -0.05) is 152 Å². The Morgan fingerprint density at radius 2 is 0.917 bits per heavy atom. The molecule has 0 aliphatic rings. The SMILES string of the molecule is [C-]#[N+]c1ccccc1-c1ccc2c(c1)c1ccccc1n2-c1ccnc(-c2cc(-c3nc(-c4ccccc4)nc(-c4ccccc4)n3)ccc2-n2c3ccccc3c3cc(-c4ccccc4C#N)ccc32)c1. The van der Waals surface area contributed by atoms with Crippen LogP contribution in [0, 0.1) is 17.9 Å². The number of aromatic nitrogens is 6. The summed E-state index contributed by atoms with van der Waals surface area (Å²) in [6, 6.07) is 78.5. The molecule has 4 heterocycles. The molecule has 0 saturated heterocycles. The highest BCUT2D eigenvalue weighted by molar-refractivity contribution is 6.12. The van der Waals surface area contributed by atoms with Crippen LogP contribution in [0.15, 0.2) is 231 Å². The van der Waals surface area contributed by atoms with Crippen molar-refractivity contribution in [1.29, 1.82) is 5.26 Å². The number of pyridine rings is 1. The molecule has 4 aromatic heterocycles. The molecule has 9 aromatic carbocycles. The molecule has 0 aliphatic carbocycles. The first-order valence-corrected chi connectivity index (χ1v) is 23.6. The van der Waals surface area contributed by atoms with E-state index >= 15 is 0 Å². The standard InChI is InChI=1S/C64H38N8/c1-66-55-25-13-10-22-49(55)44-29-31-59-52(37-44)50-23-11-14-26-57(50)71(59)47-34-35-67-56(39-47)54-38-45(64-69-62(41-16-4-2-5-17-41)68-63(70-64)42-18-6-3-7-19-42)30-33-61(54)72-58-27-15-12-24-51(58)53-36-43(28-32-60(53)72)48-21-9-8-20-46(48)40-65/h2-39H. The van der Waals surface area contributed by atoms with Gasteiger partial charge < -0.3 is 9.13 Å². The molecule has 0 amide bonds. The number of hydrogen-bond donors (Lipinski definition) is 0. The lowest BCUT2D eigenvalue weighted by molar-refractivity contribution is 1.07. The monoisotopic (exact) mass is 918 g/mol. The lowest BCUT2D eigenvalue weighted by atomic mass is 9.98. The molecule has 8 nitrogen and oxygen atoms in total. The van der Waals surface area contributed by atoms with E-state index in [1.807, 2.05) is 115 Å². The van der Waals surface area contributed by atoms with Crippen LogP contribution in [0.5, 0.6) is 0 Å². The third kappa shape index (κ3) is 7.07. The predicted molar refractivity (Wildman–Crippen MR) is 290 cm³/mol. The number of fused-ring (bicyclic) bond motifs is 6. The minimum Gasteiger partial charge on any atom is -0.309 e. The topological polar surface area (TPSA) is 89.6 Å². The van der Waals surface area contributed by atoms with Crippen LogP contribution < -0.4 is 0 Å². The molecular formula is C64H38N8. The number of nitriles is 1. The lowest BCUT2D eigenvalue weighted by Crippen LogP contribution is -2.03. The highest BCUT2D eigenvalue weighted by Gasteiger charge is 2.22. The molecule has 0 atom stereocenters. The van der Waals surface area contributed by atoms with Gasteiger partial charge in [-0.25, -0.2) is 19.8 Å². The minimum absolute atomic E-state index is 0.535. The fourth-order valence-electron chi connectivity index (χ4n) is 10.2. The van der Waals surface area contributed by atoms with Crippen molar-refractivity contribution in [3.05, 3.63) is 248 Å². The van der Waals surface area contributed by atoms with Crippen LogP contribution in [0.1, 0.15) is 5.56 Å². The first kappa shape index (κ1) is 41.9. The summed E-state index contributed by atoms with van der Waals surface area (Å²) in [5, 5.41) is 14.4. The van der Waals surface area contributed by atoms with Gasteiger partial charge in [0.15, 0.2) is 23.2 Å². The Hall–Kier alpha value is -10.3. The zero-order chi connectivity index (χ0) is 48.1. The van der Waals surface area contributed by atoms with E-state index in [0.717, 1.165) is 105 Å². The molecule has 0 unspecified atom stereocenters. The minimum atomic E-state index is 0.535. The van der Waals surface area contributed by atoms with Gasteiger partial charge in [-0.15, -0.1) is 0 Å². The summed E-state index contributed by atoms with van der Waals surface area (Å²) < 4.78 is 4.62. The first-order valence-electron chi connectivity index (χ1n) is 23.6. The molecule has 0 spiro atoms. The molecule has 334 valence electrons. The summed E-state index contributed by atoms with van der Waals surface area (Å²) in [4.78, 5) is 24.3. The van der Waals surface area contributed by atoms with Gasteiger partial charge in [-0.2, -0.15) is 5.26 Å². The number of benzene rings is 9. The molecule has 0 saturated carbocycles. The van der Waals surface area contributed by atoms with Crippen LogP contribution in [0.25, 0.3) is 128 Å². The van der Waals surface area contributed by atoms with Crippen molar-refractivity contribution in [2.45, 2.75) is 0 Å². The number of hydrogen-bond acceptors (Lipinski definition) is 5. The molecular weight excluding hydrogens is 881 g/mol. The van der Waals surface area contributed by atoms with E-state index in [2.05, 4.69) is 135 Å². The van der Waals surface area contributed by atoms with Crippen LogP contribution in [0.4, 0.5) is 5.69 Å². The Morgan fingerprint density at radius 1 is 0.403 bits per heavy atom. The molecule has 13 aromatic rings. The Morgan fingerprint density at radius 3 is 1.57 bits per heavy atom.